The lowest BCUT2D eigenvalue weighted by Crippen LogP contribution is -2.51. The number of amides is 1. The quantitative estimate of drug-likeness (QED) is 0.606. The molecular weight excluding hydrogens is 460 g/mol. The number of nitrogens with one attached hydrogen (secondary N) is 1. The third kappa shape index (κ3) is 6.70. The second-order valence-corrected chi connectivity index (χ2v) is 11.8. The molecule has 4 rings (SSSR count). The van der Waals surface area contributed by atoms with Crippen LogP contribution in [0.4, 0.5) is 0 Å². The molecule has 2 fully saturated rings. The summed E-state index contributed by atoms with van der Waals surface area (Å²) < 4.78 is 27.3. The largest absolute Gasteiger partial charge is 0.351 e. The molecule has 2 aliphatic heterocycles. The van der Waals surface area contributed by atoms with Gasteiger partial charge in [0, 0.05) is 45.3 Å². The smallest absolute Gasteiger partial charge is 0.243 e. The highest BCUT2D eigenvalue weighted by molar-refractivity contribution is 7.89. The van der Waals surface area contributed by atoms with Crippen LogP contribution in [-0.2, 0) is 27.9 Å². The Morgan fingerprint density at radius 2 is 1.63 bits per heavy atom. The van der Waals surface area contributed by atoms with Crippen LogP contribution in [-0.4, -0.2) is 73.7 Å². The van der Waals surface area contributed by atoms with Crippen molar-refractivity contribution in [3.63, 3.8) is 0 Å². The lowest BCUT2D eigenvalue weighted by molar-refractivity contribution is -0.122. The molecule has 1 unspecified atom stereocenters. The molecule has 1 amide bonds. The third-order valence-corrected chi connectivity index (χ3v) is 9.18. The number of rotatable bonds is 8. The highest BCUT2D eigenvalue weighted by atomic mass is 32.2. The summed E-state index contributed by atoms with van der Waals surface area (Å²) in [7, 11) is -3.50. The molecule has 2 aromatic rings. The van der Waals surface area contributed by atoms with Gasteiger partial charge in [-0.15, -0.1) is 0 Å². The predicted molar refractivity (Wildman–Crippen MR) is 138 cm³/mol. The summed E-state index contributed by atoms with van der Waals surface area (Å²) >= 11 is 0. The summed E-state index contributed by atoms with van der Waals surface area (Å²) in [5.74, 6) is -0.0269. The number of benzene rings is 2. The second kappa shape index (κ2) is 11.6. The molecule has 190 valence electrons. The fourth-order valence-corrected chi connectivity index (χ4v) is 6.36. The van der Waals surface area contributed by atoms with Crippen molar-refractivity contribution in [1.82, 2.24) is 19.4 Å². The number of nitrogens with zero attached hydrogens (tertiary/aromatic N) is 3. The van der Waals surface area contributed by atoms with Crippen molar-refractivity contribution < 1.29 is 13.2 Å². The SMILES string of the molecule is Cc1ccc(S(=O)(=O)N2CCN(CC(=O)NCc3ccccc3CN3CCCCC3C)CC2)cc1. The highest BCUT2D eigenvalue weighted by Gasteiger charge is 2.29. The van der Waals surface area contributed by atoms with E-state index in [2.05, 4.69) is 35.3 Å². The van der Waals surface area contributed by atoms with Crippen LogP contribution in [0.3, 0.4) is 0 Å². The Morgan fingerprint density at radius 3 is 2.31 bits per heavy atom. The Labute approximate surface area is 210 Å². The number of aryl methyl sites for hydroxylation is 1. The van der Waals surface area contributed by atoms with E-state index in [1.807, 2.05) is 30.0 Å². The molecule has 35 heavy (non-hydrogen) atoms. The van der Waals surface area contributed by atoms with E-state index in [9.17, 15) is 13.2 Å². The number of piperidine rings is 1. The fourth-order valence-electron chi connectivity index (χ4n) is 4.94. The van der Waals surface area contributed by atoms with Crippen LogP contribution in [0.2, 0.25) is 0 Å². The lowest BCUT2D eigenvalue weighted by atomic mass is 10.0. The zero-order valence-electron chi connectivity index (χ0n) is 20.9. The summed E-state index contributed by atoms with van der Waals surface area (Å²) in [5, 5.41) is 3.08. The van der Waals surface area contributed by atoms with Crippen molar-refractivity contribution in [3.05, 3.63) is 65.2 Å². The average molecular weight is 499 g/mol. The minimum Gasteiger partial charge on any atom is -0.351 e. The van der Waals surface area contributed by atoms with Gasteiger partial charge in [0.25, 0.3) is 0 Å². The standard InChI is InChI=1S/C27H38N4O3S/c1-22-10-12-26(13-11-22)35(33,34)31-17-15-29(16-18-31)21-27(32)28-19-24-8-3-4-9-25(24)20-30-14-6-5-7-23(30)2/h3-4,8-13,23H,5-7,14-21H2,1-2H3,(H,28,32). The van der Waals surface area contributed by atoms with Gasteiger partial charge < -0.3 is 5.32 Å². The number of carbonyl (C=O) groups excluding carboxylic acids is 1. The van der Waals surface area contributed by atoms with Gasteiger partial charge in [0.15, 0.2) is 0 Å². The first-order chi connectivity index (χ1) is 16.8. The van der Waals surface area contributed by atoms with Gasteiger partial charge in [-0.2, -0.15) is 4.31 Å². The van der Waals surface area contributed by atoms with E-state index in [0.717, 1.165) is 24.2 Å². The maximum absolute atomic E-state index is 12.9. The zero-order chi connectivity index (χ0) is 24.8. The molecule has 0 saturated carbocycles. The molecule has 2 aliphatic rings. The molecule has 1 N–H and O–H groups in total. The Balaban J connectivity index is 1.26. The number of carbonyl (C=O) groups is 1. The van der Waals surface area contributed by atoms with Crippen molar-refractivity contribution in [2.45, 2.75) is 57.1 Å². The predicted octanol–water partition coefficient (Wildman–Crippen LogP) is 2.99. The first-order valence-corrected chi connectivity index (χ1v) is 14.1. The molecule has 2 aromatic carbocycles. The number of sulfonamides is 1. The molecule has 0 bridgehead atoms. The maximum Gasteiger partial charge on any atom is 0.243 e. The van der Waals surface area contributed by atoms with E-state index >= 15 is 0 Å². The molecular formula is C27H38N4O3S. The number of likely N-dealkylation sites (tertiary alicyclic amines) is 1. The number of piperazine rings is 1. The zero-order valence-corrected chi connectivity index (χ0v) is 21.8. The third-order valence-electron chi connectivity index (χ3n) is 7.27. The topological polar surface area (TPSA) is 73.0 Å². The van der Waals surface area contributed by atoms with Crippen molar-refractivity contribution in [2.75, 3.05) is 39.3 Å². The summed E-state index contributed by atoms with van der Waals surface area (Å²) in [5.41, 5.74) is 3.47. The summed E-state index contributed by atoms with van der Waals surface area (Å²) in [6, 6.07) is 15.9. The summed E-state index contributed by atoms with van der Waals surface area (Å²) in [6.07, 6.45) is 3.81. The second-order valence-electron chi connectivity index (χ2n) is 9.85. The van der Waals surface area contributed by atoms with Gasteiger partial charge in [0.05, 0.1) is 11.4 Å². The van der Waals surface area contributed by atoms with E-state index in [1.54, 1.807) is 12.1 Å². The normalized spacial score (nSPS) is 20.6. The van der Waals surface area contributed by atoms with Gasteiger partial charge in [-0.25, -0.2) is 8.42 Å². The highest BCUT2D eigenvalue weighted by Crippen LogP contribution is 2.21. The Bertz CT molecular complexity index is 1100. The minimum atomic E-state index is -3.50. The van der Waals surface area contributed by atoms with Gasteiger partial charge in [0.2, 0.25) is 15.9 Å². The molecule has 7 nitrogen and oxygen atoms in total. The van der Waals surface area contributed by atoms with Crippen LogP contribution in [0.15, 0.2) is 53.4 Å². The maximum atomic E-state index is 12.9. The van der Waals surface area contributed by atoms with E-state index in [-0.39, 0.29) is 12.5 Å². The molecule has 0 aliphatic carbocycles. The monoisotopic (exact) mass is 498 g/mol. The van der Waals surface area contributed by atoms with Gasteiger partial charge in [-0.05, 0) is 56.5 Å². The van der Waals surface area contributed by atoms with Gasteiger partial charge >= 0.3 is 0 Å². The Morgan fingerprint density at radius 1 is 0.943 bits per heavy atom. The van der Waals surface area contributed by atoms with Crippen molar-refractivity contribution in [3.8, 4) is 0 Å². The average Bonchev–Trinajstić information content (AvgIpc) is 2.85. The summed E-state index contributed by atoms with van der Waals surface area (Å²) in [4.78, 5) is 17.6. The van der Waals surface area contributed by atoms with Crippen LogP contribution < -0.4 is 5.32 Å². The van der Waals surface area contributed by atoms with Crippen molar-refractivity contribution >= 4 is 15.9 Å². The van der Waals surface area contributed by atoms with Crippen LogP contribution in [0, 0.1) is 6.92 Å². The van der Waals surface area contributed by atoms with E-state index in [1.165, 1.54) is 29.1 Å². The molecule has 1 atom stereocenters. The van der Waals surface area contributed by atoms with E-state index in [0.29, 0.717) is 43.7 Å². The van der Waals surface area contributed by atoms with Gasteiger partial charge in [-0.3, -0.25) is 14.6 Å². The van der Waals surface area contributed by atoms with Gasteiger partial charge in [0.1, 0.15) is 0 Å². The number of hydrogen-bond acceptors (Lipinski definition) is 5. The fraction of sp³-hybridized carbons (Fsp3) is 0.519. The Kier molecular flexibility index (Phi) is 8.59. The van der Waals surface area contributed by atoms with Crippen LogP contribution in [0.25, 0.3) is 0 Å². The van der Waals surface area contributed by atoms with E-state index < -0.39 is 10.0 Å². The molecule has 0 radical (unpaired) electrons. The van der Waals surface area contributed by atoms with Crippen LogP contribution >= 0.6 is 0 Å². The van der Waals surface area contributed by atoms with E-state index in [4.69, 9.17) is 0 Å². The molecule has 0 aromatic heterocycles. The molecule has 0 spiro atoms. The minimum absolute atomic E-state index is 0.0269. The van der Waals surface area contributed by atoms with Crippen molar-refractivity contribution in [2.24, 2.45) is 0 Å². The Hall–Kier alpha value is -2.26. The molecule has 2 heterocycles. The first kappa shape index (κ1) is 25.8. The number of hydrogen-bond donors (Lipinski definition) is 1. The lowest BCUT2D eigenvalue weighted by Gasteiger charge is -2.34. The van der Waals surface area contributed by atoms with Crippen LogP contribution in [0.1, 0.15) is 42.9 Å². The van der Waals surface area contributed by atoms with Gasteiger partial charge in [-0.1, -0.05) is 48.4 Å². The molecule has 2 saturated heterocycles. The van der Waals surface area contributed by atoms with Crippen molar-refractivity contribution in [1.29, 1.82) is 0 Å². The summed E-state index contributed by atoms with van der Waals surface area (Å²) in [6.45, 7) is 8.95. The first-order valence-electron chi connectivity index (χ1n) is 12.7. The van der Waals surface area contributed by atoms with Crippen LogP contribution in [0.5, 0.6) is 0 Å². The molecule has 8 heteroatoms.